The molecule has 0 aliphatic heterocycles. The van der Waals surface area contributed by atoms with E-state index in [9.17, 15) is 0 Å². The minimum atomic E-state index is -0.0535. The minimum absolute atomic E-state index is 0.0535. The smallest absolute Gasteiger partial charge is 0.213 e. The Labute approximate surface area is 112 Å². The lowest BCUT2D eigenvalue weighted by molar-refractivity contribution is 0.299. The molecule has 0 atom stereocenters. The quantitative estimate of drug-likeness (QED) is 0.468. The molecule has 0 radical (unpaired) electrons. The number of nitrogens with one attached hydrogen (secondary N) is 1. The van der Waals surface area contributed by atoms with Crippen molar-refractivity contribution in [3.63, 3.8) is 0 Å². The van der Waals surface area contributed by atoms with Crippen LogP contribution in [0.3, 0.4) is 0 Å². The van der Waals surface area contributed by atoms with Crippen molar-refractivity contribution in [2.75, 3.05) is 6.61 Å². The van der Waals surface area contributed by atoms with Gasteiger partial charge in [0.1, 0.15) is 11.5 Å². The standard InChI is InChI=1S/C14H16N4O/c15-14(16)12-4-1-5-13(18-12)19-10-2-3-11-6-8-17-9-7-11/h1,4-9H,2-3,10H2,(H3,15,16). The molecule has 0 saturated carbocycles. The summed E-state index contributed by atoms with van der Waals surface area (Å²) in [6.45, 7) is 0.580. The lowest BCUT2D eigenvalue weighted by Crippen LogP contribution is -2.13. The summed E-state index contributed by atoms with van der Waals surface area (Å²) in [6, 6.07) is 9.22. The fourth-order valence-electron chi connectivity index (χ4n) is 1.65. The fraction of sp³-hybridized carbons (Fsp3) is 0.214. The zero-order chi connectivity index (χ0) is 13.5. The van der Waals surface area contributed by atoms with Crippen LogP contribution in [0.5, 0.6) is 5.88 Å². The van der Waals surface area contributed by atoms with Gasteiger partial charge in [-0.1, -0.05) is 6.07 Å². The molecule has 0 saturated heterocycles. The van der Waals surface area contributed by atoms with E-state index in [0.717, 1.165) is 12.8 Å². The van der Waals surface area contributed by atoms with Crippen LogP contribution < -0.4 is 10.5 Å². The second kappa shape index (κ2) is 6.49. The maximum atomic E-state index is 7.31. The van der Waals surface area contributed by atoms with Gasteiger partial charge in [-0.15, -0.1) is 0 Å². The summed E-state index contributed by atoms with van der Waals surface area (Å²) in [6.07, 6.45) is 5.41. The number of pyridine rings is 2. The number of nitrogens with zero attached hydrogens (tertiary/aromatic N) is 2. The summed E-state index contributed by atoms with van der Waals surface area (Å²) in [5, 5.41) is 7.31. The van der Waals surface area contributed by atoms with Gasteiger partial charge in [-0.3, -0.25) is 10.4 Å². The van der Waals surface area contributed by atoms with Gasteiger partial charge in [0.05, 0.1) is 6.61 Å². The SMILES string of the molecule is N=C(N)c1cccc(OCCCc2ccncc2)n1. The van der Waals surface area contributed by atoms with E-state index in [1.165, 1.54) is 5.56 Å². The zero-order valence-corrected chi connectivity index (χ0v) is 10.5. The Hall–Kier alpha value is -2.43. The third-order valence-electron chi connectivity index (χ3n) is 2.61. The Morgan fingerprint density at radius 3 is 2.74 bits per heavy atom. The Kier molecular flexibility index (Phi) is 4.44. The monoisotopic (exact) mass is 256 g/mol. The van der Waals surface area contributed by atoms with Gasteiger partial charge < -0.3 is 10.5 Å². The van der Waals surface area contributed by atoms with Crippen LogP contribution in [0, 0.1) is 5.41 Å². The Morgan fingerprint density at radius 2 is 2.00 bits per heavy atom. The third-order valence-corrected chi connectivity index (χ3v) is 2.61. The highest BCUT2D eigenvalue weighted by Gasteiger charge is 2.01. The molecule has 98 valence electrons. The highest BCUT2D eigenvalue weighted by Crippen LogP contribution is 2.08. The van der Waals surface area contributed by atoms with Gasteiger partial charge in [0, 0.05) is 18.5 Å². The number of amidine groups is 1. The summed E-state index contributed by atoms with van der Waals surface area (Å²) in [5.74, 6) is 0.449. The van der Waals surface area contributed by atoms with E-state index in [1.807, 2.05) is 12.1 Å². The number of aromatic nitrogens is 2. The maximum Gasteiger partial charge on any atom is 0.213 e. The van der Waals surface area contributed by atoms with Crippen molar-refractivity contribution in [1.29, 1.82) is 5.41 Å². The Balaban J connectivity index is 1.80. The van der Waals surface area contributed by atoms with Gasteiger partial charge in [0.25, 0.3) is 0 Å². The molecular formula is C14H16N4O. The Morgan fingerprint density at radius 1 is 1.21 bits per heavy atom. The highest BCUT2D eigenvalue weighted by molar-refractivity contribution is 5.93. The first-order valence-corrected chi connectivity index (χ1v) is 6.09. The molecule has 19 heavy (non-hydrogen) atoms. The average Bonchev–Trinajstić information content (AvgIpc) is 2.45. The summed E-state index contributed by atoms with van der Waals surface area (Å²) in [5.41, 5.74) is 7.05. The normalized spacial score (nSPS) is 10.1. The first kappa shape index (κ1) is 13.0. The molecule has 2 aromatic heterocycles. The number of hydrogen-bond donors (Lipinski definition) is 2. The number of ether oxygens (including phenoxy) is 1. The summed E-state index contributed by atoms with van der Waals surface area (Å²) >= 11 is 0. The predicted molar refractivity (Wildman–Crippen MR) is 73.3 cm³/mol. The van der Waals surface area contributed by atoms with E-state index >= 15 is 0 Å². The molecule has 0 spiro atoms. The third kappa shape index (κ3) is 4.06. The van der Waals surface area contributed by atoms with Crippen molar-refractivity contribution in [3.05, 3.63) is 54.0 Å². The number of hydrogen-bond acceptors (Lipinski definition) is 4. The van der Waals surface area contributed by atoms with E-state index < -0.39 is 0 Å². The summed E-state index contributed by atoms with van der Waals surface area (Å²) < 4.78 is 5.54. The van der Waals surface area contributed by atoms with Gasteiger partial charge in [0.15, 0.2) is 0 Å². The highest BCUT2D eigenvalue weighted by atomic mass is 16.5. The lowest BCUT2D eigenvalue weighted by Gasteiger charge is -2.06. The van der Waals surface area contributed by atoms with Crippen molar-refractivity contribution >= 4 is 5.84 Å². The molecular weight excluding hydrogens is 240 g/mol. The summed E-state index contributed by atoms with van der Waals surface area (Å²) in [7, 11) is 0. The largest absolute Gasteiger partial charge is 0.478 e. The second-order valence-electron chi connectivity index (χ2n) is 4.08. The van der Waals surface area contributed by atoms with Crippen LogP contribution in [0.15, 0.2) is 42.7 Å². The van der Waals surface area contributed by atoms with Crippen LogP contribution in [0.1, 0.15) is 17.7 Å². The van der Waals surface area contributed by atoms with Crippen molar-refractivity contribution in [2.24, 2.45) is 5.73 Å². The zero-order valence-electron chi connectivity index (χ0n) is 10.5. The van der Waals surface area contributed by atoms with E-state index in [1.54, 1.807) is 30.6 Å². The van der Waals surface area contributed by atoms with Gasteiger partial charge in [-0.25, -0.2) is 4.98 Å². The first-order chi connectivity index (χ1) is 9.25. The van der Waals surface area contributed by atoms with Crippen LogP contribution in [0.25, 0.3) is 0 Å². The molecule has 2 aromatic rings. The number of nitrogens with two attached hydrogens (primary N) is 1. The van der Waals surface area contributed by atoms with E-state index in [-0.39, 0.29) is 5.84 Å². The van der Waals surface area contributed by atoms with Crippen molar-refractivity contribution < 1.29 is 4.74 Å². The molecule has 0 aliphatic rings. The topological polar surface area (TPSA) is 84.9 Å². The molecule has 5 nitrogen and oxygen atoms in total. The molecule has 0 aromatic carbocycles. The number of rotatable bonds is 6. The Bertz CT molecular complexity index is 542. The summed E-state index contributed by atoms with van der Waals surface area (Å²) in [4.78, 5) is 8.11. The lowest BCUT2D eigenvalue weighted by atomic mass is 10.1. The van der Waals surface area contributed by atoms with Gasteiger partial charge in [-0.05, 0) is 36.6 Å². The molecule has 0 unspecified atom stereocenters. The molecule has 0 fully saturated rings. The first-order valence-electron chi connectivity index (χ1n) is 6.09. The van der Waals surface area contributed by atoms with Gasteiger partial charge >= 0.3 is 0 Å². The van der Waals surface area contributed by atoms with Crippen LogP contribution in [0.4, 0.5) is 0 Å². The van der Waals surface area contributed by atoms with Crippen LogP contribution in [0.2, 0.25) is 0 Å². The molecule has 5 heteroatoms. The predicted octanol–water partition coefficient (Wildman–Crippen LogP) is 1.77. The van der Waals surface area contributed by atoms with E-state index in [2.05, 4.69) is 9.97 Å². The van der Waals surface area contributed by atoms with E-state index in [0.29, 0.717) is 18.2 Å². The maximum absolute atomic E-state index is 7.31. The minimum Gasteiger partial charge on any atom is -0.478 e. The van der Waals surface area contributed by atoms with Crippen LogP contribution in [-0.4, -0.2) is 22.4 Å². The molecule has 0 aliphatic carbocycles. The molecule has 0 amide bonds. The van der Waals surface area contributed by atoms with Gasteiger partial charge in [0.2, 0.25) is 5.88 Å². The average molecular weight is 256 g/mol. The van der Waals surface area contributed by atoms with Crippen molar-refractivity contribution in [1.82, 2.24) is 9.97 Å². The van der Waals surface area contributed by atoms with E-state index in [4.69, 9.17) is 15.9 Å². The number of aryl methyl sites for hydroxylation is 1. The fourth-order valence-corrected chi connectivity index (χ4v) is 1.65. The van der Waals surface area contributed by atoms with Crippen LogP contribution >= 0.6 is 0 Å². The second-order valence-corrected chi connectivity index (χ2v) is 4.08. The van der Waals surface area contributed by atoms with Gasteiger partial charge in [-0.2, -0.15) is 0 Å². The van der Waals surface area contributed by atoms with Crippen LogP contribution in [-0.2, 0) is 6.42 Å². The van der Waals surface area contributed by atoms with Crippen molar-refractivity contribution in [2.45, 2.75) is 12.8 Å². The molecule has 0 bridgehead atoms. The molecule has 2 rings (SSSR count). The molecule has 3 N–H and O–H groups in total. The van der Waals surface area contributed by atoms with Crippen molar-refractivity contribution in [3.8, 4) is 5.88 Å². The number of nitrogen functional groups attached to an aromatic ring is 1. The molecule has 2 heterocycles.